The Morgan fingerprint density at radius 2 is 2.22 bits per heavy atom. The summed E-state index contributed by atoms with van der Waals surface area (Å²) >= 11 is 0. The Bertz CT molecular complexity index is 469. The highest BCUT2D eigenvalue weighted by atomic mass is 16.5. The smallest absolute Gasteiger partial charge is 0.317 e. The molecular weight excluding hydrogens is 236 g/mol. The molecule has 0 spiro atoms. The highest BCUT2D eigenvalue weighted by Gasteiger charge is 2.38. The first-order chi connectivity index (χ1) is 8.58. The van der Waals surface area contributed by atoms with E-state index in [-0.39, 0.29) is 17.8 Å². The van der Waals surface area contributed by atoms with Crippen LogP contribution in [0.4, 0.5) is 0 Å². The number of esters is 1. The van der Waals surface area contributed by atoms with Gasteiger partial charge in [-0.05, 0) is 19.9 Å². The molecule has 1 aliphatic heterocycles. The molecule has 2 unspecified atom stereocenters. The number of ether oxygens (including phenoxy) is 3. The zero-order valence-corrected chi connectivity index (χ0v) is 10.6. The van der Waals surface area contributed by atoms with E-state index >= 15 is 0 Å². The summed E-state index contributed by atoms with van der Waals surface area (Å²) in [5, 5.41) is 9.67. The van der Waals surface area contributed by atoms with E-state index < -0.39 is 5.92 Å². The molecule has 18 heavy (non-hydrogen) atoms. The summed E-state index contributed by atoms with van der Waals surface area (Å²) in [7, 11) is 1.46. The van der Waals surface area contributed by atoms with Gasteiger partial charge < -0.3 is 19.3 Å². The number of rotatable bonds is 3. The van der Waals surface area contributed by atoms with Crippen LogP contribution in [0.2, 0.25) is 0 Å². The molecule has 0 bridgehead atoms. The van der Waals surface area contributed by atoms with Crippen molar-refractivity contribution in [2.24, 2.45) is 0 Å². The molecule has 2 rings (SSSR count). The molecule has 5 heteroatoms. The largest absolute Gasteiger partial charge is 0.504 e. The van der Waals surface area contributed by atoms with Crippen molar-refractivity contribution in [3.05, 3.63) is 17.7 Å². The molecule has 0 amide bonds. The minimum absolute atomic E-state index is 0.00652. The van der Waals surface area contributed by atoms with E-state index in [2.05, 4.69) is 0 Å². The first-order valence-corrected chi connectivity index (χ1v) is 5.82. The van der Waals surface area contributed by atoms with Crippen LogP contribution < -0.4 is 9.47 Å². The van der Waals surface area contributed by atoms with Crippen molar-refractivity contribution in [1.82, 2.24) is 0 Å². The average molecular weight is 252 g/mol. The number of methoxy groups -OCH3 is 1. The van der Waals surface area contributed by atoms with Gasteiger partial charge in [-0.2, -0.15) is 0 Å². The van der Waals surface area contributed by atoms with Crippen molar-refractivity contribution in [1.29, 1.82) is 0 Å². The molecule has 0 saturated carbocycles. The minimum atomic E-state index is -0.477. The first kappa shape index (κ1) is 12.5. The van der Waals surface area contributed by atoms with Gasteiger partial charge in [0.15, 0.2) is 11.5 Å². The maximum Gasteiger partial charge on any atom is 0.317 e. The number of hydrogen-bond acceptors (Lipinski definition) is 5. The van der Waals surface area contributed by atoms with E-state index in [1.807, 2.05) is 0 Å². The van der Waals surface area contributed by atoms with Crippen molar-refractivity contribution in [3.63, 3.8) is 0 Å². The fraction of sp³-hybridized carbons (Fsp3) is 0.462. The van der Waals surface area contributed by atoms with Crippen molar-refractivity contribution >= 4 is 5.97 Å². The molecule has 1 aromatic carbocycles. The monoisotopic (exact) mass is 252 g/mol. The van der Waals surface area contributed by atoms with E-state index in [0.29, 0.717) is 23.7 Å². The Kier molecular flexibility index (Phi) is 3.32. The fourth-order valence-electron chi connectivity index (χ4n) is 2.15. The van der Waals surface area contributed by atoms with Crippen LogP contribution in [0, 0.1) is 0 Å². The lowest BCUT2D eigenvalue weighted by Crippen LogP contribution is -2.24. The van der Waals surface area contributed by atoms with Crippen molar-refractivity contribution < 1.29 is 24.1 Å². The fourth-order valence-corrected chi connectivity index (χ4v) is 2.15. The van der Waals surface area contributed by atoms with Gasteiger partial charge in [0.2, 0.25) is 0 Å². The Morgan fingerprint density at radius 1 is 1.50 bits per heavy atom. The summed E-state index contributed by atoms with van der Waals surface area (Å²) in [5.41, 5.74) is 0.690. The Labute approximate surface area is 105 Å². The van der Waals surface area contributed by atoms with Crippen LogP contribution in [0.25, 0.3) is 0 Å². The molecule has 0 fully saturated rings. The molecule has 0 radical (unpaired) electrons. The third kappa shape index (κ3) is 1.96. The van der Waals surface area contributed by atoms with Crippen LogP contribution in [0.5, 0.6) is 17.2 Å². The van der Waals surface area contributed by atoms with Gasteiger partial charge >= 0.3 is 5.97 Å². The zero-order valence-electron chi connectivity index (χ0n) is 10.6. The Morgan fingerprint density at radius 3 is 2.83 bits per heavy atom. The maximum atomic E-state index is 11.9. The number of benzene rings is 1. The standard InChI is InChI=1S/C13H16O5/c1-4-17-13(15)12-7(2)18-10-6-9(14)11(16-3)5-8(10)12/h5-7,12,14H,4H2,1-3H3. The molecule has 1 N–H and O–H groups in total. The predicted molar refractivity (Wildman–Crippen MR) is 64.1 cm³/mol. The van der Waals surface area contributed by atoms with E-state index in [1.165, 1.54) is 13.2 Å². The molecule has 2 atom stereocenters. The van der Waals surface area contributed by atoms with E-state index in [0.717, 1.165) is 0 Å². The number of carbonyl (C=O) groups excluding carboxylic acids is 1. The summed E-state index contributed by atoms with van der Waals surface area (Å²) in [6.07, 6.45) is -0.314. The second-order valence-electron chi connectivity index (χ2n) is 4.11. The van der Waals surface area contributed by atoms with Crippen LogP contribution >= 0.6 is 0 Å². The van der Waals surface area contributed by atoms with Gasteiger partial charge in [-0.3, -0.25) is 4.79 Å². The highest BCUT2D eigenvalue weighted by Crippen LogP contribution is 2.44. The minimum Gasteiger partial charge on any atom is -0.504 e. The summed E-state index contributed by atoms with van der Waals surface area (Å²) in [4.78, 5) is 11.9. The zero-order chi connectivity index (χ0) is 13.3. The topological polar surface area (TPSA) is 65.0 Å². The molecular formula is C13H16O5. The summed E-state index contributed by atoms with van der Waals surface area (Å²) < 4.78 is 15.6. The number of aromatic hydroxyl groups is 1. The second kappa shape index (κ2) is 4.76. The number of phenols is 1. The highest BCUT2D eigenvalue weighted by molar-refractivity contribution is 5.81. The van der Waals surface area contributed by atoms with Gasteiger partial charge in [-0.25, -0.2) is 0 Å². The molecule has 0 saturated heterocycles. The van der Waals surface area contributed by atoms with Crippen LogP contribution in [-0.4, -0.2) is 30.9 Å². The SMILES string of the molecule is CCOC(=O)C1c2cc(OC)c(O)cc2OC1C. The van der Waals surface area contributed by atoms with Gasteiger partial charge in [-0.1, -0.05) is 0 Å². The first-order valence-electron chi connectivity index (χ1n) is 5.82. The number of carbonyl (C=O) groups is 1. The van der Waals surface area contributed by atoms with E-state index in [9.17, 15) is 9.90 Å². The average Bonchev–Trinajstić information content (AvgIpc) is 2.63. The van der Waals surface area contributed by atoms with Gasteiger partial charge in [0.25, 0.3) is 0 Å². The van der Waals surface area contributed by atoms with E-state index in [1.54, 1.807) is 19.9 Å². The van der Waals surface area contributed by atoms with Crippen LogP contribution in [0.3, 0.4) is 0 Å². The predicted octanol–water partition coefficient (Wildman–Crippen LogP) is 1.83. The molecule has 0 aromatic heterocycles. The normalized spacial score (nSPS) is 21.1. The molecule has 98 valence electrons. The van der Waals surface area contributed by atoms with Gasteiger partial charge in [0, 0.05) is 11.6 Å². The van der Waals surface area contributed by atoms with Gasteiger partial charge in [0.1, 0.15) is 17.8 Å². The van der Waals surface area contributed by atoms with Crippen molar-refractivity contribution in [3.8, 4) is 17.2 Å². The van der Waals surface area contributed by atoms with Crippen LogP contribution in [0.15, 0.2) is 12.1 Å². The number of hydrogen-bond donors (Lipinski definition) is 1. The lowest BCUT2D eigenvalue weighted by molar-refractivity contribution is -0.146. The summed E-state index contributed by atoms with van der Waals surface area (Å²) in [6, 6.07) is 3.08. The molecule has 5 nitrogen and oxygen atoms in total. The Hall–Kier alpha value is -1.91. The Balaban J connectivity index is 2.40. The molecule has 1 aliphatic rings. The van der Waals surface area contributed by atoms with Crippen LogP contribution in [0.1, 0.15) is 25.3 Å². The molecule has 1 aromatic rings. The van der Waals surface area contributed by atoms with Crippen molar-refractivity contribution in [2.45, 2.75) is 25.9 Å². The third-order valence-electron chi connectivity index (χ3n) is 2.97. The third-order valence-corrected chi connectivity index (χ3v) is 2.97. The molecule has 0 aliphatic carbocycles. The van der Waals surface area contributed by atoms with E-state index in [4.69, 9.17) is 14.2 Å². The number of fused-ring (bicyclic) bond motifs is 1. The quantitative estimate of drug-likeness (QED) is 0.831. The van der Waals surface area contributed by atoms with Gasteiger partial charge in [-0.15, -0.1) is 0 Å². The maximum absolute atomic E-state index is 11.9. The molecule has 1 heterocycles. The lowest BCUT2D eigenvalue weighted by Gasteiger charge is -2.13. The summed E-state index contributed by atoms with van der Waals surface area (Å²) in [6.45, 7) is 3.88. The van der Waals surface area contributed by atoms with Crippen LogP contribution in [-0.2, 0) is 9.53 Å². The summed E-state index contributed by atoms with van der Waals surface area (Å²) in [5.74, 6) is 0.0125. The van der Waals surface area contributed by atoms with Crippen molar-refractivity contribution in [2.75, 3.05) is 13.7 Å². The lowest BCUT2D eigenvalue weighted by atomic mass is 9.96. The second-order valence-corrected chi connectivity index (χ2v) is 4.11. The number of phenolic OH excluding ortho intramolecular Hbond substituents is 1. The van der Waals surface area contributed by atoms with Gasteiger partial charge in [0.05, 0.1) is 13.7 Å².